The van der Waals surface area contributed by atoms with Crippen molar-refractivity contribution in [2.45, 2.75) is 18.2 Å². The number of alkyl halides is 3. The van der Waals surface area contributed by atoms with Crippen LogP contribution in [-0.4, -0.2) is 18.0 Å². The third-order valence-electron chi connectivity index (χ3n) is 0.816. The Bertz CT molecular complexity index is 138. The molecule has 1 atom stereocenters. The van der Waals surface area contributed by atoms with E-state index in [2.05, 4.69) is 9.13 Å². The number of hydrogen-bond donors (Lipinski definition) is 0. The number of hydrogen-bond acceptors (Lipinski definition) is 3. The largest absolute Gasteiger partial charge is 0.523 e. The van der Waals surface area contributed by atoms with Gasteiger partial charge in [-0.05, 0) is 0 Å². The molecule has 0 saturated carbocycles. The Morgan fingerprint density at radius 1 is 1.60 bits per heavy atom. The summed E-state index contributed by atoms with van der Waals surface area (Å²) < 4.78 is 41.4. The molecule has 0 fully saturated rings. The molecule has 58 valence electrons. The van der Waals surface area contributed by atoms with Crippen LogP contribution in [-0.2, 0) is 4.74 Å². The first-order chi connectivity index (χ1) is 4.58. The molecule has 1 rings (SSSR count). The maximum atomic E-state index is 11.4. The van der Waals surface area contributed by atoms with Gasteiger partial charge in [0.25, 0.3) is 0 Å². The Morgan fingerprint density at radius 3 is 2.70 bits per heavy atom. The van der Waals surface area contributed by atoms with E-state index in [-0.39, 0.29) is 6.42 Å². The summed E-state index contributed by atoms with van der Waals surface area (Å²) in [5.41, 5.74) is -0.875. The van der Waals surface area contributed by atoms with Crippen molar-refractivity contribution in [2.24, 2.45) is 4.40 Å². The van der Waals surface area contributed by atoms with Crippen molar-refractivity contribution >= 4 is 18.2 Å². The van der Waals surface area contributed by atoms with E-state index in [1.165, 1.54) is 6.21 Å². The van der Waals surface area contributed by atoms with E-state index in [4.69, 9.17) is 0 Å². The van der Waals surface area contributed by atoms with Gasteiger partial charge < -0.3 is 0 Å². The van der Waals surface area contributed by atoms with Crippen LogP contribution in [0.5, 0.6) is 0 Å². The summed E-state index contributed by atoms with van der Waals surface area (Å²) >= 11 is 0.796. The zero-order valence-corrected chi connectivity index (χ0v) is 5.58. The second-order valence-corrected chi connectivity index (χ2v) is 2.57. The maximum absolute atomic E-state index is 11.4. The highest BCUT2D eigenvalue weighted by molar-refractivity contribution is 7.98. The number of halogens is 3. The summed E-state index contributed by atoms with van der Waals surface area (Å²) in [6.07, 6.45) is -2.91. The van der Waals surface area contributed by atoms with Gasteiger partial charge >= 0.3 is 6.36 Å². The number of nitrogens with zero attached hydrogens (tertiary/aromatic N) is 1. The summed E-state index contributed by atoms with van der Waals surface area (Å²) in [7, 11) is 0. The molecule has 2 nitrogen and oxygen atoms in total. The SMILES string of the molecule is FC(F)(F)OC1CC=NS1. The normalized spacial score (nSPS) is 25.7. The quantitative estimate of drug-likeness (QED) is 0.562. The molecule has 1 aliphatic heterocycles. The molecular weight excluding hydrogens is 167 g/mol. The van der Waals surface area contributed by atoms with Crippen LogP contribution in [0, 0.1) is 0 Å². The highest BCUT2D eigenvalue weighted by Gasteiger charge is 2.34. The van der Waals surface area contributed by atoms with E-state index in [1.807, 2.05) is 0 Å². The van der Waals surface area contributed by atoms with Crippen molar-refractivity contribution in [3.8, 4) is 0 Å². The monoisotopic (exact) mass is 171 g/mol. The van der Waals surface area contributed by atoms with Crippen LogP contribution in [0.3, 0.4) is 0 Å². The van der Waals surface area contributed by atoms with Crippen molar-refractivity contribution in [3.63, 3.8) is 0 Å². The van der Waals surface area contributed by atoms with Crippen molar-refractivity contribution in [3.05, 3.63) is 0 Å². The lowest BCUT2D eigenvalue weighted by Gasteiger charge is -2.10. The summed E-state index contributed by atoms with van der Waals surface area (Å²) in [6, 6.07) is 0. The molecule has 0 radical (unpaired) electrons. The highest BCUT2D eigenvalue weighted by atomic mass is 32.2. The fourth-order valence-electron chi connectivity index (χ4n) is 0.502. The molecule has 6 heteroatoms. The van der Waals surface area contributed by atoms with Gasteiger partial charge in [-0.1, -0.05) is 0 Å². The molecule has 0 spiro atoms. The van der Waals surface area contributed by atoms with E-state index in [0.29, 0.717) is 0 Å². The van der Waals surface area contributed by atoms with E-state index >= 15 is 0 Å². The number of rotatable bonds is 1. The predicted molar refractivity (Wildman–Crippen MR) is 31.6 cm³/mol. The Balaban J connectivity index is 2.26. The van der Waals surface area contributed by atoms with Gasteiger partial charge in [0.1, 0.15) is 5.44 Å². The van der Waals surface area contributed by atoms with Crippen LogP contribution < -0.4 is 0 Å². The zero-order valence-electron chi connectivity index (χ0n) is 4.76. The van der Waals surface area contributed by atoms with Gasteiger partial charge in [0.05, 0.1) is 0 Å². The van der Waals surface area contributed by atoms with Crippen LogP contribution in [0.1, 0.15) is 6.42 Å². The minimum Gasteiger partial charge on any atom is -0.275 e. The van der Waals surface area contributed by atoms with Crippen LogP contribution in [0.2, 0.25) is 0 Å². The first-order valence-corrected chi connectivity index (χ1v) is 3.34. The Morgan fingerprint density at radius 2 is 2.30 bits per heavy atom. The fourth-order valence-corrected chi connectivity index (χ4v) is 1.13. The molecule has 0 aromatic rings. The lowest BCUT2D eigenvalue weighted by Crippen LogP contribution is -2.19. The molecule has 1 aliphatic rings. The summed E-state index contributed by atoms with van der Waals surface area (Å²) in [4.78, 5) is 0. The molecule has 1 unspecified atom stereocenters. The fraction of sp³-hybridized carbons (Fsp3) is 0.750. The molecular formula is C4H4F3NOS. The van der Waals surface area contributed by atoms with Crippen LogP contribution >= 0.6 is 11.9 Å². The van der Waals surface area contributed by atoms with E-state index in [1.54, 1.807) is 0 Å². The highest BCUT2D eigenvalue weighted by Crippen LogP contribution is 2.29. The molecule has 1 heterocycles. The van der Waals surface area contributed by atoms with Gasteiger partial charge in [-0.2, -0.15) is 0 Å². The molecule has 0 bridgehead atoms. The second kappa shape index (κ2) is 2.79. The molecule has 0 saturated heterocycles. The van der Waals surface area contributed by atoms with Gasteiger partial charge in [-0.3, -0.25) is 4.74 Å². The second-order valence-electron chi connectivity index (χ2n) is 1.62. The van der Waals surface area contributed by atoms with Gasteiger partial charge in [0, 0.05) is 24.6 Å². The van der Waals surface area contributed by atoms with Crippen LogP contribution in [0.15, 0.2) is 4.40 Å². The molecule has 0 aliphatic carbocycles. The molecule has 10 heavy (non-hydrogen) atoms. The molecule has 0 aromatic carbocycles. The lowest BCUT2D eigenvalue weighted by atomic mass is 10.5. The minimum absolute atomic E-state index is 0.226. The van der Waals surface area contributed by atoms with Crippen molar-refractivity contribution in [1.82, 2.24) is 0 Å². The number of ether oxygens (including phenoxy) is 1. The third kappa shape index (κ3) is 2.57. The Kier molecular flexibility index (Phi) is 2.20. The standard InChI is InChI=1S/C4H4F3NOS/c5-4(6,7)9-3-1-2-8-10-3/h2-3H,1H2. The first kappa shape index (κ1) is 7.87. The van der Waals surface area contributed by atoms with E-state index in [9.17, 15) is 13.2 Å². The van der Waals surface area contributed by atoms with Gasteiger partial charge in [-0.15, -0.1) is 13.2 Å². The van der Waals surface area contributed by atoms with Crippen molar-refractivity contribution in [2.75, 3.05) is 0 Å². The first-order valence-electron chi connectivity index (χ1n) is 2.50. The summed E-state index contributed by atoms with van der Waals surface area (Å²) in [5, 5.41) is 0. The summed E-state index contributed by atoms with van der Waals surface area (Å²) in [5.74, 6) is 0. The maximum Gasteiger partial charge on any atom is 0.523 e. The van der Waals surface area contributed by atoms with Gasteiger partial charge in [-0.25, -0.2) is 4.40 Å². The Labute approximate surface area is 59.6 Å². The lowest BCUT2D eigenvalue weighted by molar-refractivity contribution is -0.329. The average Bonchev–Trinajstić information content (AvgIpc) is 2.12. The van der Waals surface area contributed by atoms with E-state index < -0.39 is 11.8 Å². The smallest absolute Gasteiger partial charge is 0.275 e. The van der Waals surface area contributed by atoms with Crippen molar-refractivity contribution in [1.29, 1.82) is 0 Å². The van der Waals surface area contributed by atoms with Gasteiger partial charge in [0.2, 0.25) is 0 Å². The van der Waals surface area contributed by atoms with Crippen LogP contribution in [0.25, 0.3) is 0 Å². The molecule has 0 amide bonds. The third-order valence-corrected chi connectivity index (χ3v) is 1.61. The average molecular weight is 171 g/mol. The minimum atomic E-state index is -4.54. The van der Waals surface area contributed by atoms with Crippen molar-refractivity contribution < 1.29 is 17.9 Å². The Hall–Kier alpha value is -0.230. The van der Waals surface area contributed by atoms with Crippen LogP contribution in [0.4, 0.5) is 13.2 Å². The summed E-state index contributed by atoms with van der Waals surface area (Å²) in [6.45, 7) is 0. The molecule has 0 N–H and O–H groups in total. The zero-order chi connectivity index (χ0) is 7.61. The topological polar surface area (TPSA) is 21.6 Å². The van der Waals surface area contributed by atoms with E-state index in [0.717, 1.165) is 11.9 Å². The predicted octanol–water partition coefficient (Wildman–Crippen LogP) is 1.97. The van der Waals surface area contributed by atoms with Gasteiger partial charge in [0.15, 0.2) is 0 Å². The molecule has 0 aromatic heterocycles.